The Labute approximate surface area is 646 Å². The van der Waals surface area contributed by atoms with E-state index in [1.807, 2.05) is 18.2 Å². The minimum atomic E-state index is -1.66. The summed E-state index contributed by atoms with van der Waals surface area (Å²) in [5, 5.41) is 64.3. The highest BCUT2D eigenvalue weighted by Crippen LogP contribution is 2.41. The fourth-order valence-corrected chi connectivity index (χ4v) is 13.7. The summed E-state index contributed by atoms with van der Waals surface area (Å²) >= 11 is 0. The van der Waals surface area contributed by atoms with Crippen LogP contribution in [0.15, 0.2) is 137 Å². The van der Waals surface area contributed by atoms with Gasteiger partial charge < -0.3 is 72.2 Å². The van der Waals surface area contributed by atoms with Crippen molar-refractivity contribution in [3.63, 3.8) is 0 Å². The predicted octanol–water partition coefficient (Wildman–Crippen LogP) is 12.1. The number of aliphatic hydroxyl groups excluding tert-OH is 3. The molecule has 3 aliphatic heterocycles. The predicted molar refractivity (Wildman–Crippen MR) is 386 cm³/mol. The summed E-state index contributed by atoms with van der Waals surface area (Å²) in [5.74, 6) is -4.55. The van der Waals surface area contributed by atoms with Crippen LogP contribution in [0.2, 0.25) is 0 Å². The molecule has 3 N–H and O–H groups in total. The highest BCUT2D eigenvalue weighted by Gasteiger charge is 2.56. The Balaban J connectivity index is 0.000000238. The molecule has 45 nitrogen and oxygen atoms in total. The van der Waals surface area contributed by atoms with E-state index < -0.39 is 201 Å². The van der Waals surface area contributed by atoms with E-state index in [1.165, 1.54) is 0 Å². The van der Waals surface area contributed by atoms with Crippen molar-refractivity contribution < 1.29 is 99.7 Å². The normalized spacial score (nSPS) is 34.6. The lowest BCUT2D eigenvalue weighted by Gasteiger charge is -2.47. The fourth-order valence-electron chi connectivity index (χ4n) is 13.7. The molecule has 0 radical (unpaired) electrons. The van der Waals surface area contributed by atoms with Gasteiger partial charge in [-0.25, -0.2) is 13.2 Å². The first-order valence-electron chi connectivity index (χ1n) is 35.6. The van der Waals surface area contributed by atoms with Gasteiger partial charge in [-0.05, 0) is 85.7 Å². The molecule has 48 heteroatoms. The Morgan fingerprint density at radius 2 is 0.640 bits per heavy atom. The summed E-state index contributed by atoms with van der Waals surface area (Å²) in [6.07, 6.45) is -29.0. The average molecular weight is 1600 g/mol. The van der Waals surface area contributed by atoms with Gasteiger partial charge in [-0.2, -0.15) is 0 Å². The quantitative estimate of drug-likeness (QED) is 0.0183. The lowest BCUT2D eigenvalue weighted by Crippen LogP contribution is -2.62. The van der Waals surface area contributed by atoms with Crippen molar-refractivity contribution in [2.45, 2.75) is 246 Å². The number of carbonyl (C=O) groups is 3. The monoisotopic (exact) mass is 1600 g/mol. The molecule has 0 spiro atoms. The molecule has 3 aliphatic carbocycles. The summed E-state index contributed by atoms with van der Waals surface area (Å²) in [6, 6.07) is 20.5. The highest BCUT2D eigenvalue weighted by molar-refractivity contribution is 5.68. The second kappa shape index (κ2) is 45.8. The molecule has 0 amide bonds. The number of rotatable bonds is 30. The van der Waals surface area contributed by atoms with Gasteiger partial charge >= 0.3 is 17.9 Å². The molecule has 6 fully saturated rings. The molecule has 3 saturated heterocycles. The van der Waals surface area contributed by atoms with Crippen LogP contribution in [-0.2, 0) is 91.0 Å². The van der Waals surface area contributed by atoms with Crippen LogP contribution in [0.4, 0.5) is 13.2 Å². The zero-order valence-electron chi connectivity index (χ0n) is 62.0. The van der Waals surface area contributed by atoms with Crippen LogP contribution in [-0.4, -0.2) is 218 Å². The molecule has 3 aromatic carbocycles. The van der Waals surface area contributed by atoms with Crippen LogP contribution in [0.3, 0.4) is 0 Å². The molecule has 3 heterocycles. The van der Waals surface area contributed by atoms with Crippen molar-refractivity contribution >= 4 is 17.9 Å². The van der Waals surface area contributed by atoms with Crippen molar-refractivity contribution in [1.82, 2.24) is 0 Å². The first kappa shape index (κ1) is 90.4. The van der Waals surface area contributed by atoms with Gasteiger partial charge in [-0.3, -0.25) is 14.4 Å². The number of ether oxygens (including phenoxy) is 12. The van der Waals surface area contributed by atoms with E-state index in [2.05, 4.69) is 90.2 Å². The Morgan fingerprint density at radius 1 is 0.368 bits per heavy atom. The first-order valence-corrected chi connectivity index (χ1v) is 35.6. The number of nitrogens with zero attached hydrogens (tertiary/aromatic N) is 27. The molecule has 612 valence electrons. The maximum atomic E-state index is 15.9. The molecule has 114 heavy (non-hydrogen) atoms. The number of alkyl halides is 3. The molecular formula is C66H84F3N27O18. The van der Waals surface area contributed by atoms with E-state index in [-0.39, 0.29) is 58.7 Å². The topological polar surface area (TPSA) is 662 Å². The van der Waals surface area contributed by atoms with Crippen molar-refractivity contribution in [3.05, 3.63) is 202 Å². The van der Waals surface area contributed by atoms with Crippen LogP contribution < -0.4 is 0 Å². The fraction of sp³-hybridized carbons (Fsp3) is 0.682. The van der Waals surface area contributed by atoms with Crippen LogP contribution in [0, 0.1) is 17.8 Å². The van der Waals surface area contributed by atoms with E-state index in [4.69, 9.17) is 101 Å². The third-order valence-corrected chi connectivity index (χ3v) is 19.5. The Morgan fingerprint density at radius 3 is 0.965 bits per heavy atom. The number of benzene rings is 3. The number of hydrogen-bond acceptors (Lipinski definition) is 27. The number of esters is 3. The van der Waals surface area contributed by atoms with Gasteiger partial charge in [0.2, 0.25) is 0 Å². The molecular weight excluding hydrogens is 1520 g/mol. The van der Waals surface area contributed by atoms with Crippen LogP contribution >= 0.6 is 0 Å². The number of azide groups is 9. The molecule has 6 aliphatic rings. The van der Waals surface area contributed by atoms with E-state index >= 15 is 13.2 Å². The molecule has 0 bridgehead atoms. The third-order valence-electron chi connectivity index (χ3n) is 19.5. The second-order valence-electron chi connectivity index (χ2n) is 26.9. The Kier molecular flexibility index (Phi) is 36.3. The molecule has 3 aromatic rings. The standard InChI is InChI=1S/C24H30FN9O7.C22H28FN9O6.C20H26FN9O5/c1-12-18(10-29-32-26)40-24(22(19(12)25)37-11-15-7-5-4-6-8-15)41-21-17(31-34-28)9-16(30-33-27)20(38-13(2)35)23(21)39-14(3)36;1-11-16(9-27-30-24)37-22(21(17(11)23)35-10-13-6-4-3-5-7-13)38-20-15(29-32-26)8-14(28-31-25)19(18(20)34)36-12(2)33;1-10-14(8-25-28-22)34-20(19(15(10)21)33-9-11-5-3-2-4-6-11)35-18-13(27-30-24)7-12(26-29-23)16(31)17(18)32/h4-8,12,16-24H,9-11H2,1-3H3;3-7,11,14-22,34H,8-10H2,1-2H3;2-6,10,12-20,31-32H,7-9H2,1H3/t12-,16-,17+,18-,19+,20+,21-,22-,23-,24-;11-,14-,15+,16-,17+,18-,19+,20-,21-,22-;10-,12-,13+,14-,15+,16+,17-,18-,19-,20-/m111/s1. The number of carbonyl (C=O) groups excluding carboxylic acids is 3. The highest BCUT2D eigenvalue weighted by atomic mass is 19.1. The van der Waals surface area contributed by atoms with Crippen LogP contribution in [0.25, 0.3) is 94.0 Å². The van der Waals surface area contributed by atoms with Crippen molar-refractivity contribution in [2.75, 3.05) is 19.6 Å². The van der Waals surface area contributed by atoms with Crippen molar-refractivity contribution in [2.24, 2.45) is 63.8 Å². The van der Waals surface area contributed by atoms with Crippen LogP contribution in [0.1, 0.15) is 77.5 Å². The van der Waals surface area contributed by atoms with E-state index in [0.29, 0.717) is 0 Å². The Bertz CT molecular complexity index is 4100. The molecule has 30 atom stereocenters. The number of aliphatic hydroxyl groups is 3. The average Bonchev–Trinajstić information content (AvgIpc) is 0.715. The van der Waals surface area contributed by atoms with E-state index in [1.54, 1.807) is 93.6 Å². The largest absolute Gasteiger partial charge is 0.459 e. The maximum absolute atomic E-state index is 15.9. The summed E-state index contributed by atoms with van der Waals surface area (Å²) < 4.78 is 117. The van der Waals surface area contributed by atoms with E-state index in [9.17, 15) is 35.2 Å². The van der Waals surface area contributed by atoms with Crippen molar-refractivity contribution in [3.8, 4) is 0 Å². The van der Waals surface area contributed by atoms with Gasteiger partial charge in [0.05, 0.1) is 112 Å². The lowest BCUT2D eigenvalue weighted by atomic mass is 9.83. The minimum absolute atomic E-state index is 0.00424. The summed E-state index contributed by atoms with van der Waals surface area (Å²) in [4.78, 5) is 60.4. The molecule has 9 rings (SSSR count). The van der Waals surface area contributed by atoms with Gasteiger partial charge in [-0.15, -0.1) is 0 Å². The van der Waals surface area contributed by atoms with Gasteiger partial charge in [-0.1, -0.05) is 158 Å². The van der Waals surface area contributed by atoms with Gasteiger partial charge in [0.1, 0.15) is 67.3 Å². The van der Waals surface area contributed by atoms with Gasteiger partial charge in [0.25, 0.3) is 0 Å². The maximum Gasteiger partial charge on any atom is 0.303 e. The first-order chi connectivity index (χ1) is 54.9. The lowest BCUT2D eigenvalue weighted by molar-refractivity contribution is -0.311. The van der Waals surface area contributed by atoms with Crippen LogP contribution in [0.5, 0.6) is 0 Å². The Hall–Kier alpha value is -10.8. The number of halogens is 3. The third kappa shape index (κ3) is 24.8. The SMILES string of the molecule is CC(=O)O[C@@H]1[C@@H](O)[C@H](O[C@H]2O[C@H](CN=[N+]=[N-])[C@@H](C)[C@H](F)[C@H]2OCc2ccccc2)[C@@H](N=[N+]=[N-])C[C@H]1N=[N+]=[N-].CC(=O)O[C@@H]1[C@@H](OC(C)=O)[C@H](N=[N+]=[N-])C[C@H](N=[N+]=[N-])[C@H]1O[C@H]1O[C@H](CN=[N+]=[N-])[C@@H](C)[C@H](F)[C@H]1OCc1ccccc1.C[C@H]1[C@H](F)[C@@H](OCc2ccccc2)[C@@H](O[C@H]2[C@H](O)[C@@H](O)[C@H](N=[N+]=[N-])C[C@@H]2N=[N+]=[N-])O[C@@H]1CN=[N+]=[N-]. The molecule has 0 aromatic heterocycles. The number of hydrogen-bond donors (Lipinski definition) is 3. The van der Waals surface area contributed by atoms with Crippen molar-refractivity contribution in [1.29, 1.82) is 0 Å². The minimum Gasteiger partial charge on any atom is -0.459 e. The second-order valence-corrected chi connectivity index (χ2v) is 26.9. The smallest absolute Gasteiger partial charge is 0.303 e. The summed E-state index contributed by atoms with van der Waals surface area (Å²) in [6.45, 7) is 7.55. The zero-order valence-corrected chi connectivity index (χ0v) is 62.0. The summed E-state index contributed by atoms with van der Waals surface area (Å²) in [5.41, 5.74) is 82.6. The zero-order chi connectivity index (χ0) is 83.0. The van der Waals surface area contributed by atoms with Gasteiger partial charge in [0.15, 0.2) is 25.0 Å². The molecule has 0 unspecified atom stereocenters. The van der Waals surface area contributed by atoms with Gasteiger partial charge in [0, 0.05) is 82.7 Å². The van der Waals surface area contributed by atoms with E-state index in [0.717, 1.165) is 37.5 Å². The summed E-state index contributed by atoms with van der Waals surface area (Å²) in [7, 11) is 0. The molecule has 3 saturated carbocycles.